The molecule has 0 aromatic heterocycles. The van der Waals surface area contributed by atoms with Gasteiger partial charge in [-0.2, -0.15) is 0 Å². The van der Waals surface area contributed by atoms with Crippen molar-refractivity contribution >= 4 is 0 Å². The van der Waals surface area contributed by atoms with E-state index in [4.69, 9.17) is 5.73 Å². The second-order valence-electron chi connectivity index (χ2n) is 8.21. The van der Waals surface area contributed by atoms with Gasteiger partial charge in [0, 0.05) is 6.04 Å². The van der Waals surface area contributed by atoms with Crippen LogP contribution in [0.2, 0.25) is 0 Å². The highest BCUT2D eigenvalue weighted by Crippen LogP contribution is 2.68. The van der Waals surface area contributed by atoms with Crippen LogP contribution in [-0.2, 0) is 0 Å². The average molecular weight is 237 g/mol. The zero-order valence-corrected chi connectivity index (χ0v) is 12.5. The third-order valence-corrected chi connectivity index (χ3v) is 5.34. The van der Waals surface area contributed by atoms with E-state index in [1.54, 1.807) is 0 Å². The topological polar surface area (TPSA) is 26.0 Å². The Morgan fingerprint density at radius 3 is 1.71 bits per heavy atom. The standard InChI is InChI=1S/C13H23N.C3H8/c1-11-4-9-5-12(2,6-11)8-13(3,7-11)10(9)14;1-3-2/h9-10H,4-8,14H2,1-3H3;3H2,1-2H3. The fourth-order valence-corrected chi connectivity index (χ4v) is 5.85. The molecule has 0 spiro atoms. The van der Waals surface area contributed by atoms with Crippen LogP contribution in [-0.4, -0.2) is 6.04 Å². The van der Waals surface area contributed by atoms with Gasteiger partial charge in [-0.05, 0) is 54.3 Å². The summed E-state index contributed by atoms with van der Waals surface area (Å²) in [5.74, 6) is 0.825. The molecular weight excluding hydrogens is 206 g/mol. The Hall–Kier alpha value is -0.0400. The van der Waals surface area contributed by atoms with Crippen LogP contribution >= 0.6 is 0 Å². The first-order chi connectivity index (χ1) is 7.76. The zero-order chi connectivity index (χ0) is 12.9. The predicted molar refractivity (Wildman–Crippen MR) is 74.8 cm³/mol. The summed E-state index contributed by atoms with van der Waals surface area (Å²) in [5.41, 5.74) is 8.13. The summed E-state index contributed by atoms with van der Waals surface area (Å²) in [6.07, 6.45) is 8.28. The lowest BCUT2D eigenvalue weighted by Gasteiger charge is -2.67. The van der Waals surface area contributed by atoms with Crippen LogP contribution in [0.5, 0.6) is 0 Å². The molecule has 0 aromatic rings. The van der Waals surface area contributed by atoms with Crippen molar-refractivity contribution in [3.05, 3.63) is 0 Å². The highest BCUT2D eigenvalue weighted by molar-refractivity contribution is 5.13. The minimum atomic E-state index is 0.461. The molecule has 1 heteroatoms. The van der Waals surface area contributed by atoms with Gasteiger partial charge in [0.15, 0.2) is 0 Å². The molecule has 100 valence electrons. The van der Waals surface area contributed by atoms with Gasteiger partial charge in [0.1, 0.15) is 0 Å². The zero-order valence-electron chi connectivity index (χ0n) is 12.5. The minimum absolute atomic E-state index is 0.461. The smallest absolute Gasteiger partial charge is 0.0122 e. The van der Waals surface area contributed by atoms with E-state index in [-0.39, 0.29) is 0 Å². The second-order valence-corrected chi connectivity index (χ2v) is 8.21. The lowest BCUT2D eigenvalue weighted by atomic mass is 9.39. The van der Waals surface area contributed by atoms with E-state index in [2.05, 4.69) is 34.6 Å². The second kappa shape index (κ2) is 3.98. The van der Waals surface area contributed by atoms with Crippen molar-refractivity contribution in [2.75, 3.05) is 0 Å². The van der Waals surface area contributed by atoms with E-state index < -0.39 is 0 Å². The van der Waals surface area contributed by atoms with E-state index in [9.17, 15) is 0 Å². The van der Waals surface area contributed by atoms with Gasteiger partial charge in [-0.1, -0.05) is 41.0 Å². The van der Waals surface area contributed by atoms with Crippen molar-refractivity contribution in [2.24, 2.45) is 27.9 Å². The number of hydrogen-bond donors (Lipinski definition) is 1. The summed E-state index contributed by atoms with van der Waals surface area (Å²) >= 11 is 0. The third kappa shape index (κ3) is 2.16. The Balaban J connectivity index is 0.000000329. The van der Waals surface area contributed by atoms with Gasteiger partial charge in [-0.15, -0.1) is 0 Å². The van der Waals surface area contributed by atoms with E-state index in [0.29, 0.717) is 22.3 Å². The van der Waals surface area contributed by atoms with Crippen LogP contribution in [0.25, 0.3) is 0 Å². The Labute approximate surface area is 108 Å². The van der Waals surface area contributed by atoms with Crippen LogP contribution < -0.4 is 5.73 Å². The van der Waals surface area contributed by atoms with Crippen molar-refractivity contribution in [2.45, 2.75) is 79.2 Å². The SMILES string of the molecule is CC12CC3CC(C)(C1)CC(C)(C2)C3N.CCC. The predicted octanol–water partition coefficient (Wildman–Crippen LogP) is 4.36. The fourth-order valence-electron chi connectivity index (χ4n) is 5.85. The summed E-state index contributed by atoms with van der Waals surface area (Å²) in [5, 5.41) is 0. The number of nitrogens with two attached hydrogens (primary N) is 1. The Bertz CT molecular complexity index is 278. The van der Waals surface area contributed by atoms with Crippen molar-refractivity contribution in [3.63, 3.8) is 0 Å². The normalized spacial score (nSPS) is 55.4. The molecular formula is C16H31N. The highest BCUT2D eigenvalue weighted by Gasteiger charge is 2.61. The van der Waals surface area contributed by atoms with Crippen molar-refractivity contribution in [3.8, 4) is 0 Å². The van der Waals surface area contributed by atoms with Gasteiger partial charge < -0.3 is 5.73 Å². The largest absolute Gasteiger partial charge is 0.327 e. The Morgan fingerprint density at radius 2 is 1.35 bits per heavy atom. The van der Waals surface area contributed by atoms with Gasteiger partial charge in [0.2, 0.25) is 0 Å². The maximum absolute atomic E-state index is 6.42. The molecule has 0 heterocycles. The molecule has 3 unspecified atom stereocenters. The van der Waals surface area contributed by atoms with E-state index in [1.165, 1.54) is 38.5 Å². The highest BCUT2D eigenvalue weighted by atomic mass is 14.8. The molecule has 4 aliphatic carbocycles. The summed E-state index contributed by atoms with van der Waals surface area (Å²) in [6.45, 7) is 11.7. The first kappa shape index (κ1) is 13.4. The van der Waals surface area contributed by atoms with Gasteiger partial charge in [-0.25, -0.2) is 0 Å². The maximum Gasteiger partial charge on any atom is 0.0122 e. The molecule has 4 rings (SSSR count). The minimum Gasteiger partial charge on any atom is -0.327 e. The first-order valence-corrected chi connectivity index (χ1v) is 7.51. The summed E-state index contributed by atoms with van der Waals surface area (Å²) < 4.78 is 0. The lowest BCUT2D eigenvalue weighted by Crippen LogP contribution is -2.64. The lowest BCUT2D eigenvalue weighted by molar-refractivity contribution is -0.149. The molecule has 0 amide bonds. The molecule has 3 atom stereocenters. The van der Waals surface area contributed by atoms with Crippen LogP contribution in [0.15, 0.2) is 0 Å². The molecule has 0 aromatic carbocycles. The molecule has 0 saturated heterocycles. The van der Waals surface area contributed by atoms with Crippen molar-refractivity contribution in [1.82, 2.24) is 0 Å². The van der Waals surface area contributed by atoms with E-state index in [1.807, 2.05) is 0 Å². The quantitative estimate of drug-likeness (QED) is 0.665. The molecule has 0 radical (unpaired) electrons. The molecule has 4 fully saturated rings. The summed E-state index contributed by atoms with van der Waals surface area (Å²) in [7, 11) is 0. The molecule has 4 saturated carbocycles. The molecule has 4 aliphatic rings. The summed E-state index contributed by atoms with van der Waals surface area (Å²) in [4.78, 5) is 0. The molecule has 1 nitrogen and oxygen atoms in total. The van der Waals surface area contributed by atoms with E-state index in [0.717, 1.165) is 5.92 Å². The third-order valence-electron chi connectivity index (χ3n) is 5.34. The van der Waals surface area contributed by atoms with Gasteiger partial charge in [0.25, 0.3) is 0 Å². The van der Waals surface area contributed by atoms with E-state index >= 15 is 0 Å². The van der Waals surface area contributed by atoms with Crippen LogP contribution in [0.3, 0.4) is 0 Å². The Kier molecular flexibility index (Phi) is 3.14. The van der Waals surface area contributed by atoms with Crippen LogP contribution in [0.4, 0.5) is 0 Å². The molecule has 4 bridgehead atoms. The van der Waals surface area contributed by atoms with Crippen molar-refractivity contribution in [1.29, 1.82) is 0 Å². The van der Waals surface area contributed by atoms with Gasteiger partial charge in [-0.3, -0.25) is 0 Å². The Morgan fingerprint density at radius 1 is 0.941 bits per heavy atom. The number of hydrogen-bond acceptors (Lipinski definition) is 1. The molecule has 17 heavy (non-hydrogen) atoms. The average Bonchev–Trinajstić information content (AvgIpc) is 2.10. The maximum atomic E-state index is 6.42. The van der Waals surface area contributed by atoms with Crippen LogP contribution in [0.1, 0.15) is 73.1 Å². The van der Waals surface area contributed by atoms with Crippen LogP contribution in [0, 0.1) is 22.2 Å². The number of rotatable bonds is 0. The monoisotopic (exact) mass is 237 g/mol. The van der Waals surface area contributed by atoms with Crippen molar-refractivity contribution < 1.29 is 0 Å². The van der Waals surface area contributed by atoms with Gasteiger partial charge >= 0.3 is 0 Å². The molecule has 2 N–H and O–H groups in total. The fraction of sp³-hybridized carbons (Fsp3) is 1.00. The molecule has 0 aliphatic heterocycles. The summed E-state index contributed by atoms with van der Waals surface area (Å²) in [6, 6.07) is 0.490. The van der Waals surface area contributed by atoms with Gasteiger partial charge in [0.05, 0.1) is 0 Å². The first-order valence-electron chi connectivity index (χ1n) is 7.51.